The smallest absolute Gasteiger partial charge is 0.227 e. The van der Waals surface area contributed by atoms with Crippen molar-refractivity contribution in [3.8, 4) is 11.5 Å². The van der Waals surface area contributed by atoms with Crippen LogP contribution in [0.5, 0.6) is 11.5 Å². The zero-order chi connectivity index (χ0) is 17.7. The van der Waals surface area contributed by atoms with Crippen molar-refractivity contribution < 1.29 is 19.1 Å². The Morgan fingerprint density at radius 1 is 1.33 bits per heavy atom. The van der Waals surface area contributed by atoms with Crippen molar-refractivity contribution in [3.63, 3.8) is 0 Å². The zero-order valence-electron chi connectivity index (χ0n) is 14.7. The number of carbonyl (C=O) groups excluding carboxylic acids is 2. The Kier molecular flexibility index (Phi) is 6.03. The second-order valence-electron chi connectivity index (χ2n) is 6.04. The summed E-state index contributed by atoms with van der Waals surface area (Å²) in [6.07, 6.45) is 0.211. The number of nitrogens with zero attached hydrogens (tertiary/aromatic N) is 2. The Labute approximate surface area is 142 Å². The molecule has 1 heterocycles. The second kappa shape index (κ2) is 8.01. The first-order valence-corrected chi connectivity index (χ1v) is 7.91. The van der Waals surface area contributed by atoms with E-state index in [0.29, 0.717) is 30.3 Å². The Balaban J connectivity index is 2.06. The first-order chi connectivity index (χ1) is 11.5. The summed E-state index contributed by atoms with van der Waals surface area (Å²) in [7, 11) is 7.01. The molecule has 1 aliphatic heterocycles. The molecule has 2 rings (SSSR count). The molecule has 0 aromatic heterocycles. The van der Waals surface area contributed by atoms with Gasteiger partial charge in [-0.05, 0) is 26.2 Å². The van der Waals surface area contributed by atoms with Crippen LogP contribution in [0.2, 0.25) is 0 Å². The van der Waals surface area contributed by atoms with E-state index in [0.717, 1.165) is 6.54 Å². The minimum atomic E-state index is -0.341. The van der Waals surface area contributed by atoms with Crippen LogP contribution in [-0.2, 0) is 9.59 Å². The summed E-state index contributed by atoms with van der Waals surface area (Å²) in [6, 6.07) is 5.28. The van der Waals surface area contributed by atoms with E-state index in [1.807, 2.05) is 19.0 Å². The van der Waals surface area contributed by atoms with Gasteiger partial charge < -0.3 is 24.6 Å². The molecule has 1 saturated heterocycles. The van der Waals surface area contributed by atoms with Gasteiger partial charge in [0.1, 0.15) is 11.5 Å². The molecule has 1 atom stereocenters. The average Bonchev–Trinajstić information content (AvgIpc) is 2.95. The van der Waals surface area contributed by atoms with Gasteiger partial charge in [-0.2, -0.15) is 0 Å². The van der Waals surface area contributed by atoms with Crippen molar-refractivity contribution in [2.45, 2.75) is 6.42 Å². The van der Waals surface area contributed by atoms with Crippen LogP contribution in [0.4, 0.5) is 5.69 Å². The molecule has 1 fully saturated rings. The molecule has 2 amide bonds. The number of nitrogens with one attached hydrogen (secondary N) is 1. The Hall–Kier alpha value is -2.28. The van der Waals surface area contributed by atoms with E-state index in [1.54, 1.807) is 37.3 Å². The predicted octanol–water partition coefficient (Wildman–Crippen LogP) is 0.735. The van der Waals surface area contributed by atoms with Gasteiger partial charge in [0.05, 0.1) is 25.8 Å². The molecule has 0 saturated carbocycles. The lowest BCUT2D eigenvalue weighted by Crippen LogP contribution is -2.36. The number of anilines is 1. The summed E-state index contributed by atoms with van der Waals surface area (Å²) in [5.41, 5.74) is 0.659. The molecular weight excluding hydrogens is 310 g/mol. The average molecular weight is 335 g/mol. The normalized spacial score (nSPS) is 17.3. The van der Waals surface area contributed by atoms with E-state index >= 15 is 0 Å². The van der Waals surface area contributed by atoms with E-state index in [2.05, 4.69) is 5.32 Å². The second-order valence-corrected chi connectivity index (χ2v) is 6.04. The number of ether oxygens (including phenoxy) is 2. The van der Waals surface area contributed by atoms with Gasteiger partial charge >= 0.3 is 0 Å². The molecule has 24 heavy (non-hydrogen) atoms. The molecule has 0 spiro atoms. The molecule has 1 aromatic carbocycles. The number of hydrogen-bond donors (Lipinski definition) is 1. The molecule has 0 radical (unpaired) electrons. The highest BCUT2D eigenvalue weighted by atomic mass is 16.5. The van der Waals surface area contributed by atoms with Gasteiger partial charge in [-0.1, -0.05) is 0 Å². The van der Waals surface area contributed by atoms with Gasteiger partial charge in [0, 0.05) is 32.1 Å². The minimum absolute atomic E-state index is 0.0776. The molecular formula is C17H25N3O4. The van der Waals surface area contributed by atoms with Crippen molar-refractivity contribution in [2.75, 3.05) is 52.8 Å². The molecule has 1 aromatic rings. The topological polar surface area (TPSA) is 71.1 Å². The lowest BCUT2D eigenvalue weighted by Gasteiger charge is -2.20. The van der Waals surface area contributed by atoms with E-state index < -0.39 is 0 Å². The molecule has 7 heteroatoms. The lowest BCUT2D eigenvalue weighted by molar-refractivity contribution is -0.126. The van der Waals surface area contributed by atoms with Gasteiger partial charge in [0.25, 0.3) is 0 Å². The van der Waals surface area contributed by atoms with E-state index in [1.165, 1.54) is 0 Å². The van der Waals surface area contributed by atoms with Gasteiger partial charge in [-0.25, -0.2) is 0 Å². The number of amides is 2. The van der Waals surface area contributed by atoms with Crippen molar-refractivity contribution in [3.05, 3.63) is 18.2 Å². The largest absolute Gasteiger partial charge is 0.497 e. The van der Waals surface area contributed by atoms with E-state index in [9.17, 15) is 9.59 Å². The maximum atomic E-state index is 12.3. The van der Waals surface area contributed by atoms with Gasteiger partial charge in [0.2, 0.25) is 11.8 Å². The van der Waals surface area contributed by atoms with E-state index in [-0.39, 0.29) is 24.2 Å². The van der Waals surface area contributed by atoms with Crippen LogP contribution in [0, 0.1) is 5.92 Å². The number of rotatable bonds is 7. The Morgan fingerprint density at radius 3 is 2.71 bits per heavy atom. The molecule has 1 unspecified atom stereocenters. The van der Waals surface area contributed by atoms with Crippen LogP contribution in [-0.4, -0.2) is 64.7 Å². The van der Waals surface area contributed by atoms with Crippen molar-refractivity contribution in [1.29, 1.82) is 0 Å². The summed E-state index contributed by atoms with van der Waals surface area (Å²) < 4.78 is 10.5. The monoisotopic (exact) mass is 335 g/mol. The number of benzene rings is 1. The highest BCUT2D eigenvalue weighted by Gasteiger charge is 2.36. The third-order valence-electron chi connectivity index (χ3n) is 4.03. The molecule has 132 valence electrons. The van der Waals surface area contributed by atoms with Crippen molar-refractivity contribution >= 4 is 17.5 Å². The van der Waals surface area contributed by atoms with Crippen LogP contribution in [0.3, 0.4) is 0 Å². The maximum Gasteiger partial charge on any atom is 0.227 e. The van der Waals surface area contributed by atoms with Gasteiger partial charge in [-0.3, -0.25) is 9.59 Å². The van der Waals surface area contributed by atoms with Crippen molar-refractivity contribution in [2.24, 2.45) is 5.92 Å². The third kappa shape index (κ3) is 4.17. The first-order valence-electron chi connectivity index (χ1n) is 7.91. The fraction of sp³-hybridized carbons (Fsp3) is 0.529. The summed E-state index contributed by atoms with van der Waals surface area (Å²) in [5.74, 6) is 0.703. The fourth-order valence-electron chi connectivity index (χ4n) is 2.67. The SMILES string of the molecule is COc1ccc(N2CC(C(=O)NCCN(C)C)CC2=O)c(OC)c1. The third-order valence-corrected chi connectivity index (χ3v) is 4.03. The summed E-state index contributed by atoms with van der Waals surface area (Å²) in [6.45, 7) is 1.69. The predicted molar refractivity (Wildman–Crippen MR) is 91.6 cm³/mol. The van der Waals surface area contributed by atoms with Crippen molar-refractivity contribution in [1.82, 2.24) is 10.2 Å². The number of likely N-dealkylation sites (N-methyl/N-ethyl adjacent to an activating group) is 1. The van der Waals surface area contributed by atoms with Crippen LogP contribution in [0.15, 0.2) is 18.2 Å². The molecule has 1 N–H and O–H groups in total. The quantitative estimate of drug-likeness (QED) is 0.796. The Bertz CT molecular complexity index is 603. The Morgan fingerprint density at radius 2 is 2.08 bits per heavy atom. The molecule has 1 aliphatic rings. The minimum Gasteiger partial charge on any atom is -0.497 e. The highest BCUT2D eigenvalue weighted by molar-refractivity contribution is 6.01. The maximum absolute atomic E-state index is 12.3. The number of methoxy groups -OCH3 is 2. The van der Waals surface area contributed by atoms with E-state index in [4.69, 9.17) is 9.47 Å². The molecule has 7 nitrogen and oxygen atoms in total. The molecule has 0 bridgehead atoms. The summed E-state index contributed by atoms with van der Waals surface area (Å²) in [4.78, 5) is 28.2. The standard InChI is InChI=1S/C17H25N3O4/c1-19(2)8-7-18-17(22)12-9-16(21)20(11-12)14-6-5-13(23-3)10-15(14)24-4/h5-6,10,12H,7-9,11H2,1-4H3,(H,18,22). The molecule has 0 aliphatic carbocycles. The highest BCUT2D eigenvalue weighted by Crippen LogP contribution is 2.35. The van der Waals surface area contributed by atoms with Gasteiger partial charge in [-0.15, -0.1) is 0 Å². The zero-order valence-corrected chi connectivity index (χ0v) is 14.7. The lowest BCUT2D eigenvalue weighted by atomic mass is 10.1. The number of hydrogen-bond acceptors (Lipinski definition) is 5. The van der Waals surface area contributed by atoms with Crippen LogP contribution in [0.25, 0.3) is 0 Å². The first kappa shape index (κ1) is 18.1. The summed E-state index contributed by atoms with van der Waals surface area (Å²) >= 11 is 0. The van der Waals surface area contributed by atoms with Crippen LogP contribution >= 0.6 is 0 Å². The fourth-order valence-corrected chi connectivity index (χ4v) is 2.67. The number of carbonyl (C=O) groups is 2. The van der Waals surface area contributed by atoms with Gasteiger partial charge in [0.15, 0.2) is 0 Å². The van der Waals surface area contributed by atoms with Crippen LogP contribution < -0.4 is 19.7 Å². The van der Waals surface area contributed by atoms with Crippen LogP contribution in [0.1, 0.15) is 6.42 Å². The summed E-state index contributed by atoms with van der Waals surface area (Å²) in [5, 5.41) is 2.88.